The van der Waals surface area contributed by atoms with E-state index < -0.39 is 0 Å². The number of ether oxygens (including phenoxy) is 2. The lowest BCUT2D eigenvalue weighted by Gasteiger charge is -2.09. The van der Waals surface area contributed by atoms with Crippen LogP contribution in [0.2, 0.25) is 0 Å². The smallest absolute Gasteiger partial charge is 0.257 e. The highest BCUT2D eigenvalue weighted by Gasteiger charge is 2.12. The fraction of sp³-hybridized carbons (Fsp3) is 0.500. The molecule has 0 amide bonds. The average molecular weight is 291 g/mol. The molecule has 0 fully saturated rings. The molecule has 0 aliphatic heterocycles. The van der Waals surface area contributed by atoms with Crippen LogP contribution in [-0.4, -0.2) is 40.6 Å². The van der Waals surface area contributed by atoms with Crippen LogP contribution < -0.4 is 10.1 Å². The van der Waals surface area contributed by atoms with Gasteiger partial charge in [-0.1, -0.05) is 0 Å². The van der Waals surface area contributed by atoms with Gasteiger partial charge >= 0.3 is 0 Å². The Kier molecular flexibility index (Phi) is 5.10. The van der Waals surface area contributed by atoms with Crippen LogP contribution in [0.25, 0.3) is 0 Å². The molecule has 0 unspecified atom stereocenters. The summed E-state index contributed by atoms with van der Waals surface area (Å²) in [6, 6.07) is 0. The third-order valence-corrected chi connectivity index (χ3v) is 3.33. The van der Waals surface area contributed by atoms with Crippen molar-refractivity contribution >= 4 is 5.82 Å². The second-order valence-electron chi connectivity index (χ2n) is 4.63. The number of hydrogen-bond acceptors (Lipinski definition) is 6. The lowest BCUT2D eigenvalue weighted by molar-refractivity contribution is 0.182. The maximum absolute atomic E-state index is 5.18. The molecule has 0 saturated carbocycles. The summed E-state index contributed by atoms with van der Waals surface area (Å²) < 4.78 is 12.2. The highest BCUT2D eigenvalue weighted by Crippen LogP contribution is 2.19. The van der Waals surface area contributed by atoms with Crippen molar-refractivity contribution < 1.29 is 9.47 Å². The van der Waals surface area contributed by atoms with Crippen molar-refractivity contribution in [2.75, 3.05) is 26.1 Å². The molecular weight excluding hydrogens is 270 g/mol. The van der Waals surface area contributed by atoms with Crippen LogP contribution in [0.5, 0.6) is 5.88 Å². The SMILES string of the molecule is COCCn1nc(C)c(CNc2nccnc2OC)c1C. The molecule has 7 heteroatoms. The van der Waals surface area contributed by atoms with Gasteiger partial charge in [0.05, 0.1) is 26.0 Å². The molecule has 2 heterocycles. The quantitative estimate of drug-likeness (QED) is 0.834. The van der Waals surface area contributed by atoms with E-state index in [1.807, 2.05) is 11.6 Å². The third kappa shape index (κ3) is 3.49. The van der Waals surface area contributed by atoms with E-state index in [9.17, 15) is 0 Å². The molecule has 1 N–H and O–H groups in total. The van der Waals surface area contributed by atoms with E-state index in [4.69, 9.17) is 9.47 Å². The van der Waals surface area contributed by atoms with Gasteiger partial charge in [-0.05, 0) is 13.8 Å². The van der Waals surface area contributed by atoms with E-state index in [0.29, 0.717) is 24.8 Å². The highest BCUT2D eigenvalue weighted by molar-refractivity contribution is 5.45. The third-order valence-electron chi connectivity index (χ3n) is 3.33. The minimum Gasteiger partial charge on any atom is -0.478 e. The molecule has 21 heavy (non-hydrogen) atoms. The van der Waals surface area contributed by atoms with Gasteiger partial charge in [0.1, 0.15) is 0 Å². The molecule has 0 aromatic carbocycles. The summed E-state index contributed by atoms with van der Waals surface area (Å²) in [4.78, 5) is 8.35. The Morgan fingerprint density at radius 3 is 2.67 bits per heavy atom. The monoisotopic (exact) mass is 291 g/mol. The molecule has 2 rings (SSSR count). The molecule has 0 saturated heterocycles. The lowest BCUT2D eigenvalue weighted by Crippen LogP contribution is -2.09. The van der Waals surface area contributed by atoms with E-state index in [0.717, 1.165) is 23.5 Å². The molecule has 7 nitrogen and oxygen atoms in total. The molecular formula is C14H21N5O2. The zero-order valence-corrected chi connectivity index (χ0v) is 12.9. The largest absolute Gasteiger partial charge is 0.478 e. The van der Waals surface area contributed by atoms with Gasteiger partial charge < -0.3 is 14.8 Å². The maximum atomic E-state index is 5.18. The Morgan fingerprint density at radius 1 is 1.19 bits per heavy atom. The molecule has 0 bridgehead atoms. The minimum atomic E-state index is 0.486. The van der Waals surface area contributed by atoms with Crippen LogP contribution in [0.4, 0.5) is 5.82 Å². The van der Waals surface area contributed by atoms with Crippen molar-refractivity contribution in [2.24, 2.45) is 0 Å². The van der Waals surface area contributed by atoms with Crippen LogP contribution in [-0.2, 0) is 17.8 Å². The Hall–Kier alpha value is -2.15. The maximum Gasteiger partial charge on any atom is 0.257 e. The van der Waals surface area contributed by atoms with Crippen molar-refractivity contribution in [1.29, 1.82) is 0 Å². The van der Waals surface area contributed by atoms with Gasteiger partial charge in [-0.3, -0.25) is 4.68 Å². The van der Waals surface area contributed by atoms with Crippen molar-refractivity contribution in [3.8, 4) is 5.88 Å². The average Bonchev–Trinajstić information content (AvgIpc) is 2.77. The Bertz CT molecular complexity index is 597. The van der Waals surface area contributed by atoms with Crippen LogP contribution >= 0.6 is 0 Å². The second kappa shape index (κ2) is 7.03. The van der Waals surface area contributed by atoms with Crippen molar-refractivity contribution in [3.63, 3.8) is 0 Å². The predicted molar refractivity (Wildman–Crippen MR) is 79.5 cm³/mol. The summed E-state index contributed by atoms with van der Waals surface area (Å²) in [5, 5.41) is 7.78. The van der Waals surface area contributed by atoms with E-state index in [-0.39, 0.29) is 0 Å². The molecule has 114 valence electrons. The van der Waals surface area contributed by atoms with Gasteiger partial charge in [0, 0.05) is 37.3 Å². The zero-order valence-electron chi connectivity index (χ0n) is 12.9. The Labute approximate surface area is 124 Å². The summed E-state index contributed by atoms with van der Waals surface area (Å²) in [6.07, 6.45) is 3.23. The minimum absolute atomic E-state index is 0.486. The zero-order chi connectivity index (χ0) is 15.2. The molecule has 0 atom stereocenters. The first-order valence-corrected chi connectivity index (χ1v) is 6.78. The number of nitrogens with one attached hydrogen (secondary N) is 1. The van der Waals surface area contributed by atoms with E-state index in [2.05, 4.69) is 27.3 Å². The summed E-state index contributed by atoms with van der Waals surface area (Å²) in [6.45, 7) is 6.08. The normalized spacial score (nSPS) is 10.7. The van der Waals surface area contributed by atoms with Crippen LogP contribution in [0.1, 0.15) is 17.0 Å². The predicted octanol–water partition coefficient (Wildman–Crippen LogP) is 1.56. The number of nitrogens with zero attached hydrogens (tertiary/aromatic N) is 4. The van der Waals surface area contributed by atoms with Gasteiger partial charge in [0.25, 0.3) is 5.88 Å². The first-order chi connectivity index (χ1) is 10.2. The van der Waals surface area contributed by atoms with Gasteiger partial charge in [0.15, 0.2) is 5.82 Å². The van der Waals surface area contributed by atoms with Crippen molar-refractivity contribution in [3.05, 3.63) is 29.3 Å². The highest BCUT2D eigenvalue weighted by atomic mass is 16.5. The fourth-order valence-electron chi connectivity index (χ4n) is 2.15. The number of hydrogen-bond donors (Lipinski definition) is 1. The summed E-state index contributed by atoms with van der Waals surface area (Å²) in [5.41, 5.74) is 3.28. The summed E-state index contributed by atoms with van der Waals surface area (Å²) >= 11 is 0. The molecule has 0 radical (unpaired) electrons. The second-order valence-corrected chi connectivity index (χ2v) is 4.63. The summed E-state index contributed by atoms with van der Waals surface area (Å²) in [5.74, 6) is 1.11. The fourth-order valence-corrected chi connectivity index (χ4v) is 2.15. The van der Waals surface area contributed by atoms with E-state index in [1.165, 1.54) is 0 Å². The standard InChI is InChI=1S/C14H21N5O2/c1-10-12(11(2)19(18-10)7-8-20-3)9-17-13-14(21-4)16-6-5-15-13/h5-6H,7-9H2,1-4H3,(H,15,17). The topological polar surface area (TPSA) is 74.1 Å². The van der Waals surface area contributed by atoms with Gasteiger partial charge in [0.2, 0.25) is 0 Å². The van der Waals surface area contributed by atoms with Crippen molar-refractivity contribution in [1.82, 2.24) is 19.7 Å². The summed E-state index contributed by atoms with van der Waals surface area (Å²) in [7, 11) is 3.27. The van der Waals surface area contributed by atoms with E-state index in [1.54, 1.807) is 26.6 Å². The number of rotatable bonds is 7. The van der Waals surface area contributed by atoms with Crippen LogP contribution in [0, 0.1) is 13.8 Å². The first-order valence-electron chi connectivity index (χ1n) is 6.78. The molecule has 0 spiro atoms. The van der Waals surface area contributed by atoms with Crippen LogP contribution in [0.3, 0.4) is 0 Å². The number of aromatic nitrogens is 4. The number of aryl methyl sites for hydroxylation is 1. The van der Waals surface area contributed by atoms with E-state index >= 15 is 0 Å². The number of methoxy groups -OCH3 is 2. The molecule has 0 aliphatic rings. The van der Waals surface area contributed by atoms with Crippen LogP contribution in [0.15, 0.2) is 12.4 Å². The van der Waals surface area contributed by atoms with Gasteiger partial charge in [-0.2, -0.15) is 5.10 Å². The lowest BCUT2D eigenvalue weighted by atomic mass is 10.2. The molecule has 2 aromatic rings. The molecule has 2 aromatic heterocycles. The first kappa shape index (κ1) is 15.2. The Morgan fingerprint density at radius 2 is 1.95 bits per heavy atom. The van der Waals surface area contributed by atoms with Crippen molar-refractivity contribution in [2.45, 2.75) is 26.9 Å². The Balaban J connectivity index is 2.11. The molecule has 0 aliphatic carbocycles. The van der Waals surface area contributed by atoms with Gasteiger partial charge in [-0.15, -0.1) is 0 Å². The number of anilines is 1. The van der Waals surface area contributed by atoms with Gasteiger partial charge in [-0.25, -0.2) is 9.97 Å².